The third kappa shape index (κ3) is 4.01. The zero-order chi connectivity index (χ0) is 21.4. The Kier molecular flexibility index (Phi) is 5.11. The average molecular weight is 420 g/mol. The fraction of sp³-hybridized carbons (Fsp3) is 0.250. The number of fused-ring (bicyclic) bond motifs is 1. The molecule has 0 bridgehead atoms. The van der Waals surface area contributed by atoms with Crippen LogP contribution in [0.1, 0.15) is 24.4 Å². The lowest BCUT2D eigenvalue weighted by Gasteiger charge is -2.32. The fourth-order valence-electron chi connectivity index (χ4n) is 4.43. The van der Waals surface area contributed by atoms with Crippen LogP contribution in [0.25, 0.3) is 22.2 Å². The normalized spacial score (nSPS) is 15.5. The van der Waals surface area contributed by atoms with Crippen molar-refractivity contribution >= 4 is 11.0 Å². The first-order valence-corrected chi connectivity index (χ1v) is 10.4. The van der Waals surface area contributed by atoms with Gasteiger partial charge in [-0.1, -0.05) is 12.1 Å². The van der Waals surface area contributed by atoms with Crippen LogP contribution in [0.2, 0.25) is 0 Å². The molecular formula is C24H22F2N4O. The molecule has 1 fully saturated rings. The molecule has 158 valence electrons. The maximum Gasteiger partial charge on any atom is 0.326 e. The molecule has 0 spiro atoms. The minimum atomic E-state index is -0.354. The predicted octanol–water partition coefficient (Wildman–Crippen LogP) is 4.51. The molecule has 5 rings (SSSR count). The van der Waals surface area contributed by atoms with Gasteiger partial charge in [0.15, 0.2) is 0 Å². The van der Waals surface area contributed by atoms with Gasteiger partial charge >= 0.3 is 5.69 Å². The summed E-state index contributed by atoms with van der Waals surface area (Å²) in [5.41, 5.74) is 4.10. The highest BCUT2D eigenvalue weighted by atomic mass is 19.1. The number of aromatic nitrogens is 3. The lowest BCUT2D eigenvalue weighted by molar-refractivity contribution is 0.180. The zero-order valence-electron chi connectivity index (χ0n) is 16.9. The molecule has 2 aromatic carbocycles. The number of nitrogens with one attached hydrogen (secondary N) is 1. The number of halogens is 2. The molecule has 0 radical (unpaired) electrons. The predicted molar refractivity (Wildman–Crippen MR) is 116 cm³/mol. The number of nitrogens with zero attached hydrogens (tertiary/aromatic N) is 3. The second kappa shape index (κ2) is 8.07. The van der Waals surface area contributed by atoms with Gasteiger partial charge in [0.1, 0.15) is 11.6 Å². The van der Waals surface area contributed by atoms with E-state index in [2.05, 4.69) is 20.9 Å². The van der Waals surface area contributed by atoms with Gasteiger partial charge in [-0.05, 0) is 60.4 Å². The van der Waals surface area contributed by atoms with Crippen molar-refractivity contribution < 1.29 is 8.78 Å². The van der Waals surface area contributed by atoms with E-state index in [1.807, 2.05) is 6.20 Å². The summed E-state index contributed by atoms with van der Waals surface area (Å²) >= 11 is 0. The van der Waals surface area contributed by atoms with Crippen LogP contribution >= 0.6 is 0 Å². The van der Waals surface area contributed by atoms with Gasteiger partial charge in [-0.15, -0.1) is 0 Å². The number of likely N-dealkylation sites (tertiary alicyclic amines) is 1. The Morgan fingerprint density at radius 3 is 2.45 bits per heavy atom. The van der Waals surface area contributed by atoms with Crippen molar-refractivity contribution in [3.63, 3.8) is 0 Å². The van der Waals surface area contributed by atoms with Gasteiger partial charge in [0.05, 0.1) is 11.0 Å². The van der Waals surface area contributed by atoms with Crippen LogP contribution in [0.3, 0.4) is 0 Å². The van der Waals surface area contributed by atoms with Crippen LogP contribution in [0.5, 0.6) is 0 Å². The molecule has 5 nitrogen and oxygen atoms in total. The lowest BCUT2D eigenvalue weighted by atomic mass is 10.0. The minimum absolute atomic E-state index is 0.0895. The molecule has 0 unspecified atom stereocenters. The van der Waals surface area contributed by atoms with Gasteiger partial charge in [0.25, 0.3) is 0 Å². The summed E-state index contributed by atoms with van der Waals surface area (Å²) in [6.07, 6.45) is 5.33. The van der Waals surface area contributed by atoms with Crippen LogP contribution in [-0.4, -0.2) is 32.5 Å². The van der Waals surface area contributed by atoms with Gasteiger partial charge in [-0.2, -0.15) is 0 Å². The summed E-state index contributed by atoms with van der Waals surface area (Å²) in [5.74, 6) is -0.609. The van der Waals surface area contributed by atoms with Crippen molar-refractivity contribution in [2.24, 2.45) is 0 Å². The van der Waals surface area contributed by atoms with Crippen LogP contribution in [-0.2, 0) is 6.54 Å². The summed E-state index contributed by atoms with van der Waals surface area (Å²) in [7, 11) is 0. The lowest BCUT2D eigenvalue weighted by Crippen LogP contribution is -2.36. The molecule has 0 amide bonds. The largest absolute Gasteiger partial charge is 0.326 e. The molecule has 3 heterocycles. The van der Waals surface area contributed by atoms with E-state index in [0.717, 1.165) is 54.7 Å². The number of H-pyrrole nitrogens is 1. The number of hydrogen-bond donors (Lipinski definition) is 1. The third-order valence-corrected chi connectivity index (χ3v) is 5.98. The van der Waals surface area contributed by atoms with E-state index in [0.29, 0.717) is 5.52 Å². The molecule has 1 N–H and O–H groups in total. The molecule has 7 heteroatoms. The molecule has 31 heavy (non-hydrogen) atoms. The van der Waals surface area contributed by atoms with Gasteiger partial charge in [-0.25, -0.2) is 13.6 Å². The highest BCUT2D eigenvalue weighted by Gasteiger charge is 2.24. The van der Waals surface area contributed by atoms with E-state index in [-0.39, 0.29) is 23.4 Å². The molecule has 2 aromatic heterocycles. The number of aromatic amines is 1. The SMILES string of the molecule is O=c1[nH]c2cc(F)ccc2n1C1CCN(Cc2cncc(-c3ccc(F)cc3)c2)CC1. The van der Waals surface area contributed by atoms with Crippen molar-refractivity contribution in [3.05, 3.63) is 88.6 Å². The Balaban J connectivity index is 1.28. The topological polar surface area (TPSA) is 53.9 Å². The summed E-state index contributed by atoms with van der Waals surface area (Å²) in [4.78, 5) is 21.9. The summed E-state index contributed by atoms with van der Waals surface area (Å²) in [6, 6.07) is 13.0. The Bertz CT molecular complexity index is 1270. The van der Waals surface area contributed by atoms with Crippen LogP contribution < -0.4 is 5.69 Å². The van der Waals surface area contributed by atoms with Gasteiger partial charge in [0, 0.05) is 43.6 Å². The average Bonchev–Trinajstić information content (AvgIpc) is 3.10. The minimum Gasteiger partial charge on any atom is -0.305 e. The molecule has 4 aromatic rings. The number of piperidine rings is 1. The first-order valence-electron chi connectivity index (χ1n) is 10.4. The third-order valence-electron chi connectivity index (χ3n) is 5.98. The Labute approximate surface area is 178 Å². The van der Waals surface area contributed by atoms with E-state index in [9.17, 15) is 13.6 Å². The standard InChI is InChI=1S/C24H22F2N4O/c25-19-3-1-17(2-4-19)18-11-16(13-27-14-18)15-29-9-7-21(8-10-29)30-23-6-5-20(26)12-22(23)28-24(30)31/h1-6,11-14,21H,7-10,15H2,(H,28,31). The molecule has 0 atom stereocenters. The van der Waals surface area contributed by atoms with Crippen LogP contribution in [0, 0.1) is 11.6 Å². The van der Waals surface area contributed by atoms with E-state index in [1.165, 1.54) is 24.3 Å². The van der Waals surface area contributed by atoms with Gasteiger partial charge < -0.3 is 4.98 Å². The monoisotopic (exact) mass is 420 g/mol. The number of rotatable bonds is 4. The van der Waals surface area contributed by atoms with E-state index >= 15 is 0 Å². The van der Waals surface area contributed by atoms with Crippen molar-refractivity contribution in [3.8, 4) is 11.1 Å². The smallest absolute Gasteiger partial charge is 0.305 e. The van der Waals surface area contributed by atoms with Crippen molar-refractivity contribution in [1.82, 2.24) is 19.4 Å². The van der Waals surface area contributed by atoms with E-state index in [4.69, 9.17) is 0 Å². The van der Waals surface area contributed by atoms with Gasteiger partial charge in [-0.3, -0.25) is 14.5 Å². The Hall–Kier alpha value is -3.32. The molecular weight excluding hydrogens is 398 g/mol. The second-order valence-electron chi connectivity index (χ2n) is 8.06. The fourth-order valence-corrected chi connectivity index (χ4v) is 4.43. The van der Waals surface area contributed by atoms with E-state index in [1.54, 1.807) is 29.0 Å². The zero-order valence-corrected chi connectivity index (χ0v) is 16.9. The molecule has 1 aliphatic rings. The maximum absolute atomic E-state index is 13.5. The Morgan fingerprint density at radius 1 is 0.935 bits per heavy atom. The highest BCUT2D eigenvalue weighted by Crippen LogP contribution is 2.27. The van der Waals surface area contributed by atoms with Crippen molar-refractivity contribution in [2.45, 2.75) is 25.4 Å². The molecule has 1 aliphatic heterocycles. The van der Waals surface area contributed by atoms with Crippen LogP contribution in [0.4, 0.5) is 8.78 Å². The highest BCUT2D eigenvalue weighted by molar-refractivity contribution is 5.75. The maximum atomic E-state index is 13.5. The second-order valence-corrected chi connectivity index (χ2v) is 8.06. The number of benzene rings is 2. The van der Waals surface area contributed by atoms with Gasteiger partial charge in [0.2, 0.25) is 0 Å². The van der Waals surface area contributed by atoms with Crippen molar-refractivity contribution in [1.29, 1.82) is 0 Å². The summed E-state index contributed by atoms with van der Waals surface area (Å²) in [5, 5.41) is 0. The van der Waals surface area contributed by atoms with E-state index < -0.39 is 0 Å². The summed E-state index contributed by atoms with van der Waals surface area (Å²) < 4.78 is 28.4. The first-order chi connectivity index (χ1) is 15.1. The quantitative estimate of drug-likeness (QED) is 0.529. The van der Waals surface area contributed by atoms with Crippen molar-refractivity contribution in [2.75, 3.05) is 13.1 Å². The number of hydrogen-bond acceptors (Lipinski definition) is 3. The summed E-state index contributed by atoms with van der Waals surface area (Å²) in [6.45, 7) is 2.47. The molecule has 1 saturated heterocycles. The van der Waals surface area contributed by atoms with Crippen LogP contribution in [0.15, 0.2) is 65.7 Å². The number of imidazole rings is 1. The number of pyridine rings is 1. The molecule has 0 aliphatic carbocycles. The molecule has 0 saturated carbocycles. The first kappa shape index (κ1) is 19.6. The Morgan fingerprint density at radius 2 is 1.68 bits per heavy atom.